The number of hydrogen-bond donors (Lipinski definition) is 3. The first kappa shape index (κ1) is 17.7. The summed E-state index contributed by atoms with van der Waals surface area (Å²) in [5.74, 6) is -0.853. The van der Waals surface area contributed by atoms with Gasteiger partial charge in [-0.1, -0.05) is 0 Å². The van der Waals surface area contributed by atoms with Crippen LogP contribution in [0.3, 0.4) is 0 Å². The van der Waals surface area contributed by atoms with Gasteiger partial charge in [0.1, 0.15) is 0 Å². The van der Waals surface area contributed by atoms with Crippen LogP contribution in [0.5, 0.6) is 0 Å². The Labute approximate surface area is 115 Å². The fourth-order valence-electron chi connectivity index (χ4n) is 1.44. The van der Waals surface area contributed by atoms with Crippen LogP contribution in [0.1, 0.15) is 40.5 Å². The second-order valence-corrected chi connectivity index (χ2v) is 5.73. The lowest BCUT2D eigenvalue weighted by molar-refractivity contribution is -0.137. The van der Waals surface area contributed by atoms with Crippen LogP contribution in [-0.2, 0) is 4.79 Å². The molecule has 3 N–H and O–H groups in total. The van der Waals surface area contributed by atoms with Crippen LogP contribution in [0.2, 0.25) is 0 Å². The van der Waals surface area contributed by atoms with Crippen molar-refractivity contribution in [1.29, 1.82) is 0 Å². The summed E-state index contributed by atoms with van der Waals surface area (Å²) in [7, 11) is 2.00. The van der Waals surface area contributed by atoms with Gasteiger partial charge >= 0.3 is 12.0 Å². The van der Waals surface area contributed by atoms with Gasteiger partial charge in [-0.3, -0.25) is 4.79 Å². The number of rotatable bonds is 8. The standard InChI is InChI=1S/C13H27N3O3/c1-10(2)16(5)9-8-14-12(19)15-13(3,4)7-6-11(17)18/h10H,6-9H2,1-5H3,(H,17,18)(H2,14,15,19). The molecule has 0 fully saturated rings. The van der Waals surface area contributed by atoms with Crippen molar-refractivity contribution < 1.29 is 14.7 Å². The van der Waals surface area contributed by atoms with E-state index in [-0.39, 0.29) is 12.5 Å². The van der Waals surface area contributed by atoms with E-state index in [9.17, 15) is 9.59 Å². The zero-order valence-corrected chi connectivity index (χ0v) is 12.6. The number of amides is 2. The molecule has 0 aromatic heterocycles. The first-order valence-electron chi connectivity index (χ1n) is 6.62. The molecule has 2 amide bonds. The third kappa shape index (κ3) is 9.30. The molecule has 6 heteroatoms. The highest BCUT2D eigenvalue weighted by molar-refractivity contribution is 5.74. The zero-order chi connectivity index (χ0) is 15.1. The zero-order valence-electron chi connectivity index (χ0n) is 12.6. The van der Waals surface area contributed by atoms with Gasteiger partial charge in [0.15, 0.2) is 0 Å². The van der Waals surface area contributed by atoms with Gasteiger partial charge in [-0.2, -0.15) is 0 Å². The van der Waals surface area contributed by atoms with Crippen LogP contribution in [0.25, 0.3) is 0 Å². The molecule has 19 heavy (non-hydrogen) atoms. The number of carbonyl (C=O) groups excluding carboxylic acids is 1. The molecule has 0 rings (SSSR count). The van der Waals surface area contributed by atoms with Crippen molar-refractivity contribution in [3.8, 4) is 0 Å². The van der Waals surface area contributed by atoms with Gasteiger partial charge in [-0.25, -0.2) is 4.79 Å². The Kier molecular flexibility index (Phi) is 7.44. The summed E-state index contributed by atoms with van der Waals surface area (Å²) in [5, 5.41) is 14.2. The molecule has 0 atom stereocenters. The second-order valence-electron chi connectivity index (χ2n) is 5.73. The number of carbonyl (C=O) groups is 2. The Morgan fingerprint density at radius 1 is 1.32 bits per heavy atom. The topological polar surface area (TPSA) is 81.7 Å². The largest absolute Gasteiger partial charge is 0.481 e. The van der Waals surface area contributed by atoms with Gasteiger partial charge in [0, 0.05) is 31.1 Å². The summed E-state index contributed by atoms with van der Waals surface area (Å²) in [6.07, 6.45) is 0.449. The Morgan fingerprint density at radius 2 is 1.89 bits per heavy atom. The molecule has 0 aromatic carbocycles. The molecule has 0 heterocycles. The summed E-state index contributed by atoms with van der Waals surface area (Å²) >= 11 is 0. The Balaban J connectivity index is 3.93. The van der Waals surface area contributed by atoms with E-state index in [2.05, 4.69) is 29.4 Å². The molecular weight excluding hydrogens is 246 g/mol. The summed E-state index contributed by atoms with van der Waals surface area (Å²) < 4.78 is 0. The molecule has 0 unspecified atom stereocenters. The predicted octanol–water partition coefficient (Wildman–Crippen LogP) is 1.27. The van der Waals surface area contributed by atoms with E-state index in [1.54, 1.807) is 0 Å². The molecule has 0 saturated heterocycles. The SMILES string of the molecule is CC(C)N(C)CCNC(=O)NC(C)(C)CCC(=O)O. The van der Waals surface area contributed by atoms with Gasteiger partial charge in [0.25, 0.3) is 0 Å². The fraction of sp³-hybridized carbons (Fsp3) is 0.846. The number of aliphatic carboxylic acids is 1. The van der Waals surface area contributed by atoms with Gasteiger partial charge < -0.3 is 20.6 Å². The third-order valence-electron chi connectivity index (χ3n) is 3.05. The van der Waals surface area contributed by atoms with E-state index < -0.39 is 11.5 Å². The maximum atomic E-state index is 11.7. The Hall–Kier alpha value is -1.30. The average Bonchev–Trinajstić information content (AvgIpc) is 2.25. The normalized spacial score (nSPS) is 11.7. The van der Waals surface area contributed by atoms with Crippen molar-refractivity contribution >= 4 is 12.0 Å². The van der Waals surface area contributed by atoms with Crippen LogP contribution in [0, 0.1) is 0 Å². The molecule has 0 bridgehead atoms. The molecule has 0 aliphatic carbocycles. The number of likely N-dealkylation sites (N-methyl/N-ethyl adjacent to an activating group) is 1. The number of hydrogen-bond acceptors (Lipinski definition) is 3. The van der Waals surface area contributed by atoms with Crippen molar-refractivity contribution in [2.75, 3.05) is 20.1 Å². The molecule has 6 nitrogen and oxygen atoms in total. The highest BCUT2D eigenvalue weighted by Crippen LogP contribution is 2.10. The first-order valence-corrected chi connectivity index (χ1v) is 6.62. The molecule has 112 valence electrons. The van der Waals surface area contributed by atoms with Gasteiger partial charge in [-0.05, 0) is 41.2 Å². The second kappa shape index (κ2) is 7.99. The van der Waals surface area contributed by atoms with Gasteiger partial charge in [0.05, 0.1) is 0 Å². The number of nitrogens with zero attached hydrogens (tertiary/aromatic N) is 1. The Bertz CT molecular complexity index is 304. The number of carboxylic acids is 1. The molecule has 0 aliphatic heterocycles. The fourth-order valence-corrected chi connectivity index (χ4v) is 1.44. The minimum atomic E-state index is -0.853. The quantitative estimate of drug-likeness (QED) is 0.622. The lowest BCUT2D eigenvalue weighted by Gasteiger charge is -2.26. The highest BCUT2D eigenvalue weighted by Gasteiger charge is 2.21. The lowest BCUT2D eigenvalue weighted by Crippen LogP contribution is -2.49. The summed E-state index contributed by atoms with van der Waals surface area (Å²) in [6.45, 7) is 9.16. The minimum Gasteiger partial charge on any atom is -0.481 e. The smallest absolute Gasteiger partial charge is 0.315 e. The van der Waals surface area contributed by atoms with E-state index in [4.69, 9.17) is 5.11 Å². The van der Waals surface area contributed by atoms with Crippen LogP contribution >= 0.6 is 0 Å². The average molecular weight is 273 g/mol. The van der Waals surface area contributed by atoms with Crippen molar-refractivity contribution in [2.24, 2.45) is 0 Å². The molecule has 0 aromatic rings. The van der Waals surface area contributed by atoms with Gasteiger partial charge in [-0.15, -0.1) is 0 Å². The first-order chi connectivity index (χ1) is 8.64. The van der Waals surface area contributed by atoms with Crippen molar-refractivity contribution in [2.45, 2.75) is 52.1 Å². The van der Waals surface area contributed by atoms with Crippen LogP contribution in [0.4, 0.5) is 4.79 Å². The molecule has 0 radical (unpaired) electrons. The monoisotopic (exact) mass is 273 g/mol. The van der Waals surface area contributed by atoms with Crippen molar-refractivity contribution in [3.05, 3.63) is 0 Å². The van der Waals surface area contributed by atoms with Crippen molar-refractivity contribution in [3.63, 3.8) is 0 Å². The third-order valence-corrected chi connectivity index (χ3v) is 3.05. The number of urea groups is 1. The highest BCUT2D eigenvalue weighted by atomic mass is 16.4. The van der Waals surface area contributed by atoms with Crippen LogP contribution in [-0.4, -0.2) is 53.7 Å². The summed E-state index contributed by atoms with van der Waals surface area (Å²) in [6, 6.07) is 0.185. The van der Waals surface area contributed by atoms with E-state index >= 15 is 0 Å². The summed E-state index contributed by atoms with van der Waals surface area (Å²) in [4.78, 5) is 24.3. The Morgan fingerprint density at radius 3 is 2.37 bits per heavy atom. The molecule has 0 spiro atoms. The summed E-state index contributed by atoms with van der Waals surface area (Å²) in [5.41, 5.74) is -0.521. The van der Waals surface area contributed by atoms with Crippen molar-refractivity contribution in [1.82, 2.24) is 15.5 Å². The van der Waals surface area contributed by atoms with Crippen LogP contribution < -0.4 is 10.6 Å². The number of carboxylic acid groups (broad SMARTS) is 1. The lowest BCUT2D eigenvalue weighted by atomic mass is 9.99. The minimum absolute atomic E-state index is 0.0450. The van der Waals surface area contributed by atoms with E-state index in [1.807, 2.05) is 20.9 Å². The molecular formula is C13H27N3O3. The molecule has 0 aliphatic rings. The maximum Gasteiger partial charge on any atom is 0.315 e. The van der Waals surface area contributed by atoms with E-state index in [0.29, 0.717) is 19.0 Å². The number of nitrogens with one attached hydrogen (secondary N) is 2. The predicted molar refractivity (Wildman–Crippen MR) is 75.2 cm³/mol. The van der Waals surface area contributed by atoms with Gasteiger partial charge in [0.2, 0.25) is 0 Å². The van der Waals surface area contributed by atoms with E-state index in [1.165, 1.54) is 0 Å². The maximum absolute atomic E-state index is 11.7. The van der Waals surface area contributed by atoms with Crippen LogP contribution in [0.15, 0.2) is 0 Å². The molecule has 0 saturated carbocycles. The van der Waals surface area contributed by atoms with E-state index in [0.717, 1.165) is 6.54 Å².